The third kappa shape index (κ3) is 5.75. The molecule has 1 aliphatic rings. The van der Waals surface area contributed by atoms with Crippen molar-refractivity contribution in [3.8, 4) is 0 Å². The van der Waals surface area contributed by atoms with Crippen molar-refractivity contribution in [2.45, 2.75) is 36.8 Å². The molecule has 3 rings (SSSR count). The van der Waals surface area contributed by atoms with E-state index in [0.717, 1.165) is 27.7 Å². The van der Waals surface area contributed by atoms with Gasteiger partial charge < -0.3 is 15.0 Å². The maximum atomic E-state index is 13.2. The standard InChI is InChI=1S/C19H25FN4O3S2/c1-3-22-19(23-10-16-8-9-18(28-16)29(21,25)26)24-11-13(2)27-17(12-24)14-4-6-15(20)7-5-14/h4-9,13,17H,3,10-12H2,1-2H3,(H,22,23)(H2,21,25,26). The van der Waals surface area contributed by atoms with Gasteiger partial charge in [-0.1, -0.05) is 12.1 Å². The third-order valence-corrected chi connectivity index (χ3v) is 6.95. The lowest BCUT2D eigenvalue weighted by Gasteiger charge is -2.38. The number of rotatable bonds is 5. The zero-order chi connectivity index (χ0) is 21.0. The first-order valence-corrected chi connectivity index (χ1v) is 11.7. The summed E-state index contributed by atoms with van der Waals surface area (Å²) in [6, 6.07) is 9.56. The quantitative estimate of drug-likeness (QED) is 0.550. The number of ether oxygens (including phenoxy) is 1. The van der Waals surface area contributed by atoms with E-state index >= 15 is 0 Å². The molecule has 1 saturated heterocycles. The van der Waals surface area contributed by atoms with Crippen molar-refractivity contribution in [1.29, 1.82) is 0 Å². The van der Waals surface area contributed by atoms with Gasteiger partial charge in [-0.25, -0.2) is 22.9 Å². The summed E-state index contributed by atoms with van der Waals surface area (Å²) in [6.07, 6.45) is -0.225. The highest BCUT2D eigenvalue weighted by atomic mass is 32.2. The lowest BCUT2D eigenvalue weighted by atomic mass is 10.1. The number of primary sulfonamides is 1. The third-order valence-electron chi connectivity index (χ3n) is 4.44. The van der Waals surface area contributed by atoms with E-state index < -0.39 is 10.0 Å². The molecule has 1 aromatic carbocycles. The number of hydrogen-bond donors (Lipinski definition) is 2. The summed E-state index contributed by atoms with van der Waals surface area (Å²) in [5.41, 5.74) is 0.912. The van der Waals surface area contributed by atoms with Gasteiger partial charge in [0.05, 0.1) is 19.2 Å². The summed E-state index contributed by atoms with van der Waals surface area (Å²) in [5.74, 6) is 0.444. The Kier molecular flexibility index (Phi) is 6.89. The molecule has 1 fully saturated rings. The summed E-state index contributed by atoms with van der Waals surface area (Å²) in [4.78, 5) is 7.59. The van der Waals surface area contributed by atoms with E-state index in [1.165, 1.54) is 18.2 Å². The van der Waals surface area contributed by atoms with Crippen LogP contribution in [0.25, 0.3) is 0 Å². The fourth-order valence-corrected chi connectivity index (χ4v) is 4.86. The number of sulfonamides is 1. The van der Waals surface area contributed by atoms with E-state index in [0.29, 0.717) is 26.2 Å². The zero-order valence-electron chi connectivity index (χ0n) is 16.3. The normalized spacial score (nSPS) is 20.7. The molecule has 0 aliphatic carbocycles. The lowest BCUT2D eigenvalue weighted by molar-refractivity contribution is -0.0605. The number of nitrogens with two attached hydrogens (primary N) is 1. The molecule has 0 spiro atoms. The van der Waals surface area contributed by atoms with Crippen molar-refractivity contribution in [3.63, 3.8) is 0 Å². The Morgan fingerprint density at radius 2 is 2.03 bits per heavy atom. The molecular formula is C19H25FN4O3S2. The smallest absolute Gasteiger partial charge is 0.247 e. The highest BCUT2D eigenvalue weighted by Gasteiger charge is 2.28. The van der Waals surface area contributed by atoms with Crippen LogP contribution in [0.15, 0.2) is 45.6 Å². The molecule has 2 atom stereocenters. The second kappa shape index (κ2) is 9.21. The van der Waals surface area contributed by atoms with Crippen LogP contribution < -0.4 is 10.5 Å². The van der Waals surface area contributed by atoms with Crippen LogP contribution in [0.1, 0.15) is 30.4 Å². The Labute approximate surface area is 174 Å². The summed E-state index contributed by atoms with van der Waals surface area (Å²) < 4.78 is 42.3. The van der Waals surface area contributed by atoms with Crippen molar-refractivity contribution in [2.24, 2.45) is 10.1 Å². The molecule has 0 bridgehead atoms. The van der Waals surface area contributed by atoms with Crippen LogP contribution in [0.2, 0.25) is 0 Å². The maximum Gasteiger partial charge on any atom is 0.247 e. The van der Waals surface area contributed by atoms with Crippen LogP contribution in [0, 0.1) is 5.82 Å². The first-order chi connectivity index (χ1) is 13.8. The number of hydrogen-bond acceptors (Lipinski definition) is 5. The second-order valence-electron chi connectivity index (χ2n) is 6.83. The Hall–Kier alpha value is -2.01. The summed E-state index contributed by atoms with van der Waals surface area (Å²) in [6.45, 7) is 6.25. The molecule has 0 radical (unpaired) electrons. The molecule has 158 valence electrons. The molecule has 2 aromatic rings. The fourth-order valence-electron chi connectivity index (χ4n) is 3.16. The molecule has 1 aromatic heterocycles. The SMILES string of the molecule is CCNC(=NCc1ccc(S(N)(=O)=O)s1)N1CC(C)OC(c2ccc(F)cc2)C1. The van der Waals surface area contributed by atoms with Gasteiger partial charge in [-0.05, 0) is 43.7 Å². The van der Waals surface area contributed by atoms with Crippen molar-refractivity contribution < 1.29 is 17.5 Å². The molecule has 10 heteroatoms. The Bertz CT molecular complexity index is 960. The van der Waals surface area contributed by atoms with Gasteiger partial charge in [0.15, 0.2) is 5.96 Å². The molecule has 2 heterocycles. The van der Waals surface area contributed by atoms with E-state index in [4.69, 9.17) is 9.88 Å². The predicted octanol–water partition coefficient (Wildman–Crippen LogP) is 2.46. The lowest BCUT2D eigenvalue weighted by Crippen LogP contribution is -2.50. The number of aliphatic imine (C=N–C) groups is 1. The molecule has 7 nitrogen and oxygen atoms in total. The van der Waals surface area contributed by atoms with Gasteiger partial charge in [0.25, 0.3) is 0 Å². The van der Waals surface area contributed by atoms with Crippen LogP contribution >= 0.6 is 11.3 Å². The van der Waals surface area contributed by atoms with Gasteiger partial charge in [-0.2, -0.15) is 0 Å². The van der Waals surface area contributed by atoms with E-state index in [2.05, 4.69) is 15.2 Å². The molecular weight excluding hydrogens is 415 g/mol. The molecule has 0 saturated carbocycles. The zero-order valence-corrected chi connectivity index (χ0v) is 18.0. The number of guanidine groups is 1. The second-order valence-corrected chi connectivity index (χ2v) is 9.78. The molecule has 3 N–H and O–H groups in total. The van der Waals surface area contributed by atoms with Crippen molar-refractivity contribution >= 4 is 27.3 Å². The Morgan fingerprint density at radius 1 is 1.31 bits per heavy atom. The van der Waals surface area contributed by atoms with Crippen molar-refractivity contribution in [1.82, 2.24) is 10.2 Å². The van der Waals surface area contributed by atoms with Crippen LogP contribution in [-0.2, 0) is 21.3 Å². The Balaban J connectivity index is 1.76. The first-order valence-electron chi connectivity index (χ1n) is 9.32. The van der Waals surface area contributed by atoms with Gasteiger partial charge >= 0.3 is 0 Å². The summed E-state index contributed by atoms with van der Waals surface area (Å²) in [7, 11) is -3.70. The predicted molar refractivity (Wildman–Crippen MR) is 112 cm³/mol. The van der Waals surface area contributed by atoms with Gasteiger partial charge in [-0.3, -0.25) is 0 Å². The van der Waals surface area contributed by atoms with E-state index in [9.17, 15) is 12.8 Å². The van der Waals surface area contributed by atoms with Gasteiger partial charge in [0.2, 0.25) is 10.0 Å². The average Bonchev–Trinajstić information content (AvgIpc) is 3.15. The topological polar surface area (TPSA) is 97.0 Å². The number of nitrogens with zero attached hydrogens (tertiary/aromatic N) is 2. The average molecular weight is 441 g/mol. The fraction of sp³-hybridized carbons (Fsp3) is 0.421. The first kappa shape index (κ1) is 21.7. The van der Waals surface area contributed by atoms with Gasteiger partial charge in [0.1, 0.15) is 16.1 Å². The minimum Gasteiger partial charge on any atom is -0.367 e. The number of halogens is 1. The van der Waals surface area contributed by atoms with E-state index in [-0.39, 0.29) is 22.2 Å². The highest BCUT2D eigenvalue weighted by Crippen LogP contribution is 2.26. The number of benzene rings is 1. The highest BCUT2D eigenvalue weighted by molar-refractivity contribution is 7.91. The minimum atomic E-state index is -3.70. The maximum absolute atomic E-state index is 13.2. The van der Waals surface area contributed by atoms with Crippen LogP contribution in [-0.4, -0.2) is 45.0 Å². The molecule has 29 heavy (non-hydrogen) atoms. The molecule has 2 unspecified atom stereocenters. The number of morpholine rings is 1. The molecule has 0 amide bonds. The van der Waals surface area contributed by atoms with Crippen LogP contribution in [0.4, 0.5) is 4.39 Å². The van der Waals surface area contributed by atoms with Crippen molar-refractivity contribution in [3.05, 3.63) is 52.7 Å². The monoisotopic (exact) mass is 440 g/mol. The number of nitrogens with one attached hydrogen (secondary N) is 1. The van der Waals surface area contributed by atoms with Crippen molar-refractivity contribution in [2.75, 3.05) is 19.6 Å². The largest absolute Gasteiger partial charge is 0.367 e. The van der Waals surface area contributed by atoms with Crippen LogP contribution in [0.3, 0.4) is 0 Å². The van der Waals surface area contributed by atoms with Gasteiger partial charge in [-0.15, -0.1) is 11.3 Å². The van der Waals surface area contributed by atoms with E-state index in [1.54, 1.807) is 18.2 Å². The minimum absolute atomic E-state index is 0.0293. The Morgan fingerprint density at radius 3 is 2.66 bits per heavy atom. The summed E-state index contributed by atoms with van der Waals surface area (Å²) >= 11 is 1.12. The number of thiophene rings is 1. The molecule has 1 aliphatic heterocycles. The van der Waals surface area contributed by atoms with Gasteiger partial charge in [0, 0.05) is 18.0 Å². The van der Waals surface area contributed by atoms with Crippen LogP contribution in [0.5, 0.6) is 0 Å². The van der Waals surface area contributed by atoms with E-state index in [1.807, 2.05) is 13.8 Å². The summed E-state index contributed by atoms with van der Waals surface area (Å²) in [5, 5.41) is 8.46.